The summed E-state index contributed by atoms with van der Waals surface area (Å²) in [5, 5.41) is 6.03. The van der Waals surface area contributed by atoms with Gasteiger partial charge in [-0.3, -0.25) is 4.79 Å². The molecule has 1 rings (SSSR count). The van der Waals surface area contributed by atoms with Gasteiger partial charge in [0.2, 0.25) is 5.91 Å². The van der Waals surface area contributed by atoms with Crippen LogP contribution in [0.1, 0.15) is 40.5 Å². The van der Waals surface area contributed by atoms with E-state index < -0.39 is 0 Å². The number of nitrogens with one attached hydrogen (secondary N) is 2. The lowest BCUT2D eigenvalue weighted by Crippen LogP contribution is -2.38. The van der Waals surface area contributed by atoms with Crippen LogP contribution >= 0.6 is 0 Å². The normalized spacial score (nSPS) is 23.0. The van der Waals surface area contributed by atoms with Crippen molar-refractivity contribution in [2.24, 2.45) is 5.92 Å². The third-order valence-electron chi connectivity index (χ3n) is 2.92. The van der Waals surface area contributed by atoms with Crippen molar-refractivity contribution in [1.82, 2.24) is 10.6 Å². The lowest BCUT2D eigenvalue weighted by Gasteiger charge is -2.19. The average molecular weight is 242 g/mol. The van der Waals surface area contributed by atoms with Crippen LogP contribution in [0.5, 0.6) is 0 Å². The summed E-state index contributed by atoms with van der Waals surface area (Å²) in [6.45, 7) is 10.3. The van der Waals surface area contributed by atoms with Gasteiger partial charge in [0.25, 0.3) is 0 Å². The molecule has 2 N–H and O–H groups in total. The minimum Gasteiger partial charge on any atom is -0.371 e. The molecule has 4 heteroatoms. The summed E-state index contributed by atoms with van der Waals surface area (Å²) >= 11 is 0. The Morgan fingerprint density at radius 1 is 1.47 bits per heavy atom. The first-order chi connectivity index (χ1) is 7.89. The van der Waals surface area contributed by atoms with E-state index >= 15 is 0 Å². The highest BCUT2D eigenvalue weighted by Gasteiger charge is 2.31. The molecular formula is C13H26N2O2. The lowest BCUT2D eigenvalue weighted by atomic mass is 10.1. The Morgan fingerprint density at radius 3 is 2.71 bits per heavy atom. The molecule has 0 saturated carbocycles. The van der Waals surface area contributed by atoms with Crippen LogP contribution in [0.15, 0.2) is 0 Å². The van der Waals surface area contributed by atoms with E-state index in [1.165, 1.54) is 0 Å². The van der Waals surface area contributed by atoms with Gasteiger partial charge in [-0.15, -0.1) is 0 Å². The Morgan fingerprint density at radius 2 is 2.18 bits per heavy atom. The van der Waals surface area contributed by atoms with Gasteiger partial charge in [0.1, 0.15) is 0 Å². The lowest BCUT2D eigenvalue weighted by molar-refractivity contribution is -0.120. The molecule has 0 radical (unpaired) electrons. The van der Waals surface area contributed by atoms with E-state index in [1.54, 1.807) is 0 Å². The molecule has 1 heterocycles. The smallest absolute Gasteiger partial charge is 0.233 e. The Hall–Kier alpha value is -0.610. The van der Waals surface area contributed by atoms with Gasteiger partial charge in [-0.2, -0.15) is 0 Å². The second-order valence-electron chi connectivity index (χ2n) is 5.87. The Kier molecular flexibility index (Phi) is 5.40. The topological polar surface area (TPSA) is 50.4 Å². The highest BCUT2D eigenvalue weighted by atomic mass is 16.5. The van der Waals surface area contributed by atoms with Crippen molar-refractivity contribution in [1.29, 1.82) is 0 Å². The molecule has 1 fully saturated rings. The number of hydrogen-bond donors (Lipinski definition) is 2. The molecule has 0 bridgehead atoms. The van der Waals surface area contributed by atoms with Crippen molar-refractivity contribution >= 4 is 5.91 Å². The first kappa shape index (κ1) is 14.5. The van der Waals surface area contributed by atoms with E-state index in [0.29, 0.717) is 12.5 Å². The van der Waals surface area contributed by atoms with Gasteiger partial charge in [-0.1, -0.05) is 13.8 Å². The molecule has 0 aliphatic carbocycles. The largest absolute Gasteiger partial charge is 0.371 e. The molecule has 0 spiro atoms. The summed E-state index contributed by atoms with van der Waals surface area (Å²) in [5.41, 5.74) is 0.00620. The molecule has 1 aliphatic rings. The van der Waals surface area contributed by atoms with E-state index in [-0.39, 0.29) is 17.6 Å². The van der Waals surface area contributed by atoms with E-state index in [2.05, 4.69) is 38.3 Å². The van der Waals surface area contributed by atoms with Crippen LogP contribution in [0.4, 0.5) is 0 Å². The molecule has 0 aromatic carbocycles. The first-order valence-corrected chi connectivity index (χ1v) is 6.54. The third kappa shape index (κ3) is 6.03. The van der Waals surface area contributed by atoms with Crippen LogP contribution in [-0.2, 0) is 9.53 Å². The highest BCUT2D eigenvalue weighted by Crippen LogP contribution is 2.28. The average Bonchev–Trinajstić information content (AvgIpc) is 2.55. The fourth-order valence-electron chi connectivity index (χ4n) is 1.95. The summed E-state index contributed by atoms with van der Waals surface area (Å²) in [6.07, 6.45) is 2.43. The second kappa shape index (κ2) is 6.36. The number of amides is 1. The van der Waals surface area contributed by atoms with Crippen molar-refractivity contribution in [3.05, 3.63) is 0 Å². The minimum absolute atomic E-state index is 0.00620. The van der Waals surface area contributed by atoms with Crippen LogP contribution < -0.4 is 10.6 Å². The molecule has 1 amide bonds. The summed E-state index contributed by atoms with van der Waals surface area (Å²) in [6, 6.07) is 0. The molecule has 1 unspecified atom stereocenters. The molecule has 0 aromatic rings. The fourth-order valence-corrected chi connectivity index (χ4v) is 1.95. The molecule has 1 aliphatic heterocycles. The van der Waals surface area contributed by atoms with Crippen LogP contribution in [-0.4, -0.2) is 37.2 Å². The summed E-state index contributed by atoms with van der Waals surface area (Å²) in [5.74, 6) is 0.564. The fraction of sp³-hybridized carbons (Fsp3) is 0.923. The standard InChI is InChI=1S/C13H26N2O2/c1-10(2)7-15-12(16)9-14-8-11-5-6-13(3,4)17-11/h10-11,14H,5-9H2,1-4H3,(H,15,16). The summed E-state index contributed by atoms with van der Waals surface area (Å²) in [7, 11) is 0. The molecule has 100 valence electrons. The third-order valence-corrected chi connectivity index (χ3v) is 2.92. The number of ether oxygens (including phenoxy) is 1. The number of hydrogen-bond acceptors (Lipinski definition) is 3. The summed E-state index contributed by atoms with van der Waals surface area (Å²) in [4.78, 5) is 11.4. The van der Waals surface area contributed by atoms with Gasteiger partial charge in [0.15, 0.2) is 0 Å². The zero-order chi connectivity index (χ0) is 12.9. The van der Waals surface area contributed by atoms with Crippen molar-refractivity contribution < 1.29 is 9.53 Å². The van der Waals surface area contributed by atoms with Gasteiger partial charge in [-0.05, 0) is 32.6 Å². The van der Waals surface area contributed by atoms with E-state index in [0.717, 1.165) is 25.9 Å². The molecule has 4 nitrogen and oxygen atoms in total. The Balaban J connectivity index is 2.06. The maximum absolute atomic E-state index is 11.4. The van der Waals surface area contributed by atoms with Crippen molar-refractivity contribution in [2.75, 3.05) is 19.6 Å². The SMILES string of the molecule is CC(C)CNC(=O)CNCC1CCC(C)(C)O1. The van der Waals surface area contributed by atoms with Gasteiger partial charge < -0.3 is 15.4 Å². The molecule has 1 atom stereocenters. The van der Waals surface area contributed by atoms with Crippen LogP contribution in [0.2, 0.25) is 0 Å². The number of carbonyl (C=O) groups is 1. The molecule has 1 saturated heterocycles. The zero-order valence-corrected chi connectivity index (χ0v) is 11.5. The van der Waals surface area contributed by atoms with Gasteiger partial charge in [0, 0.05) is 13.1 Å². The predicted octanol–water partition coefficient (Wildman–Crippen LogP) is 1.31. The number of carbonyl (C=O) groups excluding carboxylic acids is 1. The van der Waals surface area contributed by atoms with Crippen molar-refractivity contribution in [3.8, 4) is 0 Å². The highest BCUT2D eigenvalue weighted by molar-refractivity contribution is 5.77. The monoisotopic (exact) mass is 242 g/mol. The maximum atomic E-state index is 11.4. The minimum atomic E-state index is 0.00620. The Labute approximate surface area is 104 Å². The van der Waals surface area contributed by atoms with Crippen LogP contribution in [0, 0.1) is 5.92 Å². The second-order valence-corrected chi connectivity index (χ2v) is 5.87. The number of rotatable bonds is 6. The van der Waals surface area contributed by atoms with Gasteiger partial charge >= 0.3 is 0 Å². The quantitative estimate of drug-likeness (QED) is 0.738. The zero-order valence-electron chi connectivity index (χ0n) is 11.5. The molecule has 17 heavy (non-hydrogen) atoms. The molecule has 0 aromatic heterocycles. The maximum Gasteiger partial charge on any atom is 0.233 e. The Bertz CT molecular complexity index is 252. The summed E-state index contributed by atoms with van der Waals surface area (Å²) < 4.78 is 5.83. The van der Waals surface area contributed by atoms with Crippen molar-refractivity contribution in [3.63, 3.8) is 0 Å². The predicted molar refractivity (Wildman–Crippen MR) is 68.9 cm³/mol. The molecular weight excluding hydrogens is 216 g/mol. The van der Waals surface area contributed by atoms with Gasteiger partial charge in [-0.25, -0.2) is 0 Å². The van der Waals surface area contributed by atoms with E-state index in [9.17, 15) is 4.79 Å². The van der Waals surface area contributed by atoms with E-state index in [4.69, 9.17) is 4.74 Å². The van der Waals surface area contributed by atoms with E-state index in [1.807, 2.05) is 0 Å². The first-order valence-electron chi connectivity index (χ1n) is 6.54. The van der Waals surface area contributed by atoms with Crippen LogP contribution in [0.25, 0.3) is 0 Å². The van der Waals surface area contributed by atoms with Crippen LogP contribution in [0.3, 0.4) is 0 Å². The van der Waals surface area contributed by atoms with Gasteiger partial charge in [0.05, 0.1) is 18.2 Å². The van der Waals surface area contributed by atoms with Crippen molar-refractivity contribution in [2.45, 2.75) is 52.2 Å².